The third-order valence-electron chi connectivity index (χ3n) is 3.29. The maximum atomic E-state index is 8.90. The smallest absolute Gasteiger partial charge is 0.179 e. The van der Waals surface area contributed by atoms with Crippen molar-refractivity contribution >= 4 is 0 Å². The van der Waals surface area contributed by atoms with Crippen LogP contribution in [-0.4, -0.2) is 68.6 Å². The highest BCUT2D eigenvalue weighted by molar-refractivity contribution is 4.84. The lowest BCUT2D eigenvalue weighted by Gasteiger charge is -2.32. The summed E-state index contributed by atoms with van der Waals surface area (Å²) in [6.07, 6.45) is 2.66. The monoisotopic (exact) mass is 251 g/mol. The van der Waals surface area contributed by atoms with E-state index in [1.54, 1.807) is 11.9 Å². The van der Waals surface area contributed by atoms with Crippen molar-refractivity contribution in [1.29, 1.82) is 10.5 Å². The van der Waals surface area contributed by atoms with E-state index >= 15 is 0 Å². The van der Waals surface area contributed by atoms with Crippen LogP contribution in [0.25, 0.3) is 0 Å². The van der Waals surface area contributed by atoms with Crippen LogP contribution >= 0.6 is 0 Å². The molecule has 2 unspecified atom stereocenters. The molecule has 0 N–H and O–H groups in total. The van der Waals surface area contributed by atoms with Crippen LogP contribution in [0.1, 0.15) is 13.3 Å². The molecule has 0 aromatic rings. The summed E-state index contributed by atoms with van der Waals surface area (Å²) in [6.45, 7) is 4.62. The minimum absolute atomic E-state index is 0.333. The molecule has 102 valence electrons. The van der Waals surface area contributed by atoms with Crippen LogP contribution in [0.3, 0.4) is 0 Å². The first kappa shape index (κ1) is 16.7. The number of rotatable bonds is 8. The van der Waals surface area contributed by atoms with Crippen molar-refractivity contribution < 1.29 is 0 Å². The SMILES string of the molecule is CC(C(CC#N)CN(C)C)N(C)CCN(C)C#N. The van der Waals surface area contributed by atoms with E-state index in [1.807, 2.05) is 14.1 Å². The first-order valence-electron chi connectivity index (χ1n) is 6.25. The minimum atomic E-state index is 0.333. The van der Waals surface area contributed by atoms with Gasteiger partial charge in [0.2, 0.25) is 0 Å². The molecule has 0 radical (unpaired) electrons. The molecule has 0 aromatic heterocycles. The summed E-state index contributed by atoms with van der Waals surface area (Å²) < 4.78 is 0. The molecule has 0 heterocycles. The standard InChI is InChI=1S/C13H25N5/c1-12(13(6-7-14)10-16(2)3)18(5)9-8-17(4)11-15/h12-13H,6,8-10H2,1-5H3. The molecule has 0 fully saturated rings. The lowest BCUT2D eigenvalue weighted by atomic mass is 9.96. The topological polar surface area (TPSA) is 57.3 Å². The summed E-state index contributed by atoms with van der Waals surface area (Å²) in [4.78, 5) is 5.96. The number of nitrogens with zero attached hydrogens (tertiary/aromatic N) is 5. The Morgan fingerprint density at radius 1 is 1.06 bits per heavy atom. The van der Waals surface area contributed by atoms with Gasteiger partial charge in [-0.3, -0.25) is 0 Å². The summed E-state index contributed by atoms with van der Waals surface area (Å²) in [6, 6.07) is 2.60. The number of hydrogen-bond acceptors (Lipinski definition) is 5. The largest absolute Gasteiger partial charge is 0.312 e. The number of nitriles is 2. The second-order valence-corrected chi connectivity index (χ2v) is 5.13. The van der Waals surface area contributed by atoms with Crippen molar-refractivity contribution in [3.8, 4) is 12.3 Å². The zero-order valence-corrected chi connectivity index (χ0v) is 12.2. The van der Waals surface area contributed by atoms with Crippen molar-refractivity contribution in [1.82, 2.24) is 14.7 Å². The molecule has 0 spiro atoms. The summed E-state index contributed by atoms with van der Waals surface area (Å²) in [5.41, 5.74) is 0. The van der Waals surface area contributed by atoms with Gasteiger partial charge in [0.1, 0.15) is 0 Å². The Kier molecular flexibility index (Phi) is 8.11. The van der Waals surface area contributed by atoms with Gasteiger partial charge < -0.3 is 14.7 Å². The second kappa shape index (κ2) is 8.74. The van der Waals surface area contributed by atoms with E-state index in [4.69, 9.17) is 10.5 Å². The normalized spacial score (nSPS) is 14.1. The van der Waals surface area contributed by atoms with Gasteiger partial charge in [0.15, 0.2) is 6.19 Å². The van der Waals surface area contributed by atoms with Crippen molar-refractivity contribution in [2.45, 2.75) is 19.4 Å². The Bertz CT molecular complexity index is 301. The van der Waals surface area contributed by atoms with E-state index in [0.717, 1.165) is 19.6 Å². The van der Waals surface area contributed by atoms with Crippen LogP contribution in [0.2, 0.25) is 0 Å². The van der Waals surface area contributed by atoms with Crippen molar-refractivity contribution in [2.75, 3.05) is 47.8 Å². The molecular weight excluding hydrogens is 226 g/mol. The van der Waals surface area contributed by atoms with Gasteiger partial charge in [-0.05, 0) is 34.0 Å². The zero-order chi connectivity index (χ0) is 14.1. The molecule has 2 atom stereocenters. The number of likely N-dealkylation sites (N-methyl/N-ethyl adjacent to an activating group) is 2. The Labute approximate surface area is 111 Å². The summed E-state index contributed by atoms with van der Waals surface area (Å²) in [7, 11) is 7.89. The van der Waals surface area contributed by atoms with Gasteiger partial charge in [-0.25, -0.2) is 0 Å². The third-order valence-corrected chi connectivity index (χ3v) is 3.29. The van der Waals surface area contributed by atoms with E-state index in [0.29, 0.717) is 18.4 Å². The Morgan fingerprint density at radius 3 is 2.11 bits per heavy atom. The predicted octanol–water partition coefficient (Wildman–Crippen LogP) is 0.811. The quantitative estimate of drug-likeness (QED) is 0.472. The lowest BCUT2D eigenvalue weighted by Crippen LogP contribution is -2.42. The average molecular weight is 251 g/mol. The van der Waals surface area contributed by atoms with Crippen LogP contribution in [-0.2, 0) is 0 Å². The molecule has 0 saturated heterocycles. The fourth-order valence-electron chi connectivity index (χ4n) is 1.90. The molecule has 0 saturated carbocycles. The summed E-state index contributed by atoms with van der Waals surface area (Å²) in [5.74, 6) is 0.336. The minimum Gasteiger partial charge on any atom is -0.312 e. The Balaban J connectivity index is 4.33. The van der Waals surface area contributed by atoms with Crippen LogP contribution in [0.15, 0.2) is 0 Å². The molecule has 0 aromatic carbocycles. The molecule has 0 amide bonds. The highest BCUT2D eigenvalue weighted by atomic mass is 15.2. The molecule has 18 heavy (non-hydrogen) atoms. The maximum Gasteiger partial charge on any atom is 0.179 e. The highest BCUT2D eigenvalue weighted by Gasteiger charge is 2.21. The van der Waals surface area contributed by atoms with Crippen LogP contribution in [0, 0.1) is 28.7 Å². The summed E-state index contributed by atoms with van der Waals surface area (Å²) in [5, 5.41) is 17.6. The van der Waals surface area contributed by atoms with Gasteiger partial charge in [0.05, 0.1) is 6.07 Å². The van der Waals surface area contributed by atoms with E-state index in [2.05, 4.69) is 36.0 Å². The molecule has 0 rings (SSSR count). The van der Waals surface area contributed by atoms with E-state index in [-0.39, 0.29) is 0 Å². The van der Waals surface area contributed by atoms with Gasteiger partial charge in [0.25, 0.3) is 0 Å². The van der Waals surface area contributed by atoms with Crippen LogP contribution in [0.4, 0.5) is 0 Å². The molecule has 0 aliphatic carbocycles. The van der Waals surface area contributed by atoms with Crippen molar-refractivity contribution in [2.24, 2.45) is 5.92 Å². The van der Waals surface area contributed by atoms with Gasteiger partial charge in [-0.2, -0.15) is 10.5 Å². The maximum absolute atomic E-state index is 8.90. The molecular formula is C13H25N5. The molecule has 0 aliphatic heterocycles. The number of hydrogen-bond donors (Lipinski definition) is 0. The van der Waals surface area contributed by atoms with Crippen LogP contribution < -0.4 is 0 Å². The highest BCUT2D eigenvalue weighted by Crippen LogP contribution is 2.14. The summed E-state index contributed by atoms with van der Waals surface area (Å²) >= 11 is 0. The molecule has 0 aliphatic rings. The fraction of sp³-hybridized carbons (Fsp3) is 0.846. The van der Waals surface area contributed by atoms with E-state index < -0.39 is 0 Å². The molecule has 0 bridgehead atoms. The predicted molar refractivity (Wildman–Crippen MR) is 72.6 cm³/mol. The average Bonchev–Trinajstić information content (AvgIpc) is 2.33. The molecule has 5 heteroatoms. The van der Waals surface area contributed by atoms with Crippen LogP contribution in [0.5, 0.6) is 0 Å². The van der Waals surface area contributed by atoms with E-state index in [9.17, 15) is 0 Å². The zero-order valence-electron chi connectivity index (χ0n) is 12.2. The van der Waals surface area contributed by atoms with Gasteiger partial charge in [-0.1, -0.05) is 0 Å². The second-order valence-electron chi connectivity index (χ2n) is 5.13. The van der Waals surface area contributed by atoms with E-state index in [1.165, 1.54) is 0 Å². The first-order chi connectivity index (χ1) is 8.42. The van der Waals surface area contributed by atoms with Crippen molar-refractivity contribution in [3.63, 3.8) is 0 Å². The fourth-order valence-corrected chi connectivity index (χ4v) is 1.90. The Hall–Kier alpha value is -1.30. The van der Waals surface area contributed by atoms with Gasteiger partial charge >= 0.3 is 0 Å². The third kappa shape index (κ3) is 6.44. The van der Waals surface area contributed by atoms with Crippen molar-refractivity contribution in [3.05, 3.63) is 0 Å². The first-order valence-corrected chi connectivity index (χ1v) is 6.25. The lowest BCUT2D eigenvalue weighted by molar-refractivity contribution is 0.157. The van der Waals surface area contributed by atoms with Gasteiger partial charge in [-0.15, -0.1) is 0 Å². The Morgan fingerprint density at radius 2 is 1.67 bits per heavy atom. The van der Waals surface area contributed by atoms with Gasteiger partial charge in [0, 0.05) is 39.1 Å². The molecule has 5 nitrogen and oxygen atoms in total.